The number of anilines is 2. The lowest BCUT2D eigenvalue weighted by atomic mass is 9.69. The van der Waals surface area contributed by atoms with E-state index in [2.05, 4.69) is 24.0 Å². The van der Waals surface area contributed by atoms with Crippen LogP contribution in [0.2, 0.25) is 0 Å². The molecule has 7 rings (SSSR count). The van der Waals surface area contributed by atoms with Crippen molar-refractivity contribution in [2.75, 3.05) is 36.9 Å². The lowest BCUT2D eigenvalue weighted by Gasteiger charge is -2.45. The Bertz CT molecular complexity index is 1510. The molecule has 0 saturated carbocycles. The molecule has 11 heteroatoms. The number of alkyl halides is 1. The van der Waals surface area contributed by atoms with Crippen LogP contribution in [0, 0.1) is 22.7 Å². The minimum Gasteiger partial charge on any atom is -0.461 e. The van der Waals surface area contributed by atoms with Crippen LogP contribution < -0.4 is 15.4 Å². The van der Waals surface area contributed by atoms with E-state index in [1.165, 1.54) is 0 Å². The largest absolute Gasteiger partial charge is 0.461 e. The van der Waals surface area contributed by atoms with Crippen molar-refractivity contribution in [3.05, 3.63) is 40.1 Å². The van der Waals surface area contributed by atoms with Gasteiger partial charge in [0.05, 0.1) is 35.6 Å². The number of ether oxygens (including phenoxy) is 2. The molecule has 0 amide bonds. The van der Waals surface area contributed by atoms with Gasteiger partial charge in [-0.25, -0.2) is 4.39 Å². The maximum absolute atomic E-state index is 14.4. The standard InChI is InChI=1S/C31H36FN7O3/c1-18-5-7-31(27-22(18)3-4-25(35)23(27)13-34)11-26-24(16-42-31)28(39-15-21(40)9-20(39)12-33)37-29(36-26)41-17-30-6-2-8-38(30)14-19(32)10-30/h3-4,18-21,40H,2,5-11,14-17,35H2,1H3/t18-,19+,20+,21-,30-,31-/m0/s1. The van der Waals surface area contributed by atoms with Crippen molar-refractivity contribution in [1.29, 1.82) is 10.5 Å². The minimum atomic E-state index is -0.871. The van der Waals surface area contributed by atoms with E-state index in [0.717, 1.165) is 48.2 Å². The molecule has 0 bridgehead atoms. The fourth-order valence-corrected chi connectivity index (χ4v) is 8.15. The lowest BCUT2D eigenvalue weighted by Crippen LogP contribution is -2.44. The second kappa shape index (κ2) is 10.0. The Balaban J connectivity index is 1.30. The second-order valence-corrected chi connectivity index (χ2v) is 12.8. The summed E-state index contributed by atoms with van der Waals surface area (Å²) in [5.41, 5.74) is 9.42. The molecule has 1 aromatic carbocycles. The number of nitrogens with two attached hydrogens (primary N) is 1. The van der Waals surface area contributed by atoms with E-state index >= 15 is 0 Å². The molecule has 4 aliphatic heterocycles. The third-order valence-electron chi connectivity index (χ3n) is 10.3. The predicted octanol–water partition coefficient (Wildman–Crippen LogP) is 3.21. The van der Waals surface area contributed by atoms with Gasteiger partial charge in [0.25, 0.3) is 0 Å². The summed E-state index contributed by atoms with van der Waals surface area (Å²) in [7, 11) is 0. The van der Waals surface area contributed by atoms with E-state index in [1.807, 2.05) is 11.0 Å². The molecule has 2 aromatic rings. The molecule has 10 nitrogen and oxygen atoms in total. The fraction of sp³-hybridized carbons (Fsp3) is 0.613. The number of nitriles is 2. The summed E-state index contributed by atoms with van der Waals surface area (Å²) in [5, 5.41) is 30.5. The number of fused-ring (bicyclic) bond motifs is 4. The first kappa shape index (κ1) is 27.3. The van der Waals surface area contributed by atoms with E-state index in [0.29, 0.717) is 49.3 Å². The maximum atomic E-state index is 14.4. The lowest BCUT2D eigenvalue weighted by molar-refractivity contribution is -0.0873. The normalized spacial score (nSPS) is 33.6. The Morgan fingerprint density at radius 1 is 1.26 bits per heavy atom. The van der Waals surface area contributed by atoms with Crippen molar-refractivity contribution in [1.82, 2.24) is 14.9 Å². The highest BCUT2D eigenvalue weighted by Crippen LogP contribution is 2.51. The summed E-state index contributed by atoms with van der Waals surface area (Å²) in [6.07, 6.45) is 3.08. The molecule has 5 heterocycles. The van der Waals surface area contributed by atoms with Crippen molar-refractivity contribution in [2.24, 2.45) is 0 Å². The zero-order valence-corrected chi connectivity index (χ0v) is 23.9. The number of benzene rings is 1. The van der Waals surface area contributed by atoms with Gasteiger partial charge in [0.1, 0.15) is 36.3 Å². The first-order valence-electron chi connectivity index (χ1n) is 15.0. The number of halogens is 1. The van der Waals surface area contributed by atoms with Gasteiger partial charge in [0.2, 0.25) is 0 Å². The highest BCUT2D eigenvalue weighted by atomic mass is 19.1. The van der Waals surface area contributed by atoms with Gasteiger partial charge in [-0.05, 0) is 49.8 Å². The van der Waals surface area contributed by atoms with Crippen LogP contribution in [-0.4, -0.2) is 70.1 Å². The van der Waals surface area contributed by atoms with Gasteiger partial charge in [-0.2, -0.15) is 20.5 Å². The molecule has 6 atom stereocenters. The van der Waals surface area contributed by atoms with Crippen LogP contribution >= 0.6 is 0 Å². The number of hydrogen-bond acceptors (Lipinski definition) is 10. The van der Waals surface area contributed by atoms with E-state index in [1.54, 1.807) is 6.07 Å². The first-order chi connectivity index (χ1) is 20.3. The third-order valence-corrected chi connectivity index (χ3v) is 10.3. The number of aromatic nitrogens is 2. The summed E-state index contributed by atoms with van der Waals surface area (Å²) in [6.45, 7) is 4.18. The quantitative estimate of drug-likeness (QED) is 0.523. The molecule has 1 spiro atoms. The molecule has 3 N–H and O–H groups in total. The monoisotopic (exact) mass is 573 g/mol. The molecule has 3 fully saturated rings. The Labute approximate surface area is 244 Å². The van der Waals surface area contributed by atoms with E-state index in [-0.39, 0.29) is 37.2 Å². The number of rotatable bonds is 4. The molecule has 220 valence electrons. The van der Waals surface area contributed by atoms with Gasteiger partial charge in [0.15, 0.2) is 0 Å². The number of hydrogen-bond donors (Lipinski definition) is 2. The summed E-state index contributed by atoms with van der Waals surface area (Å²) in [5.74, 6) is 0.783. The minimum absolute atomic E-state index is 0.180. The van der Waals surface area contributed by atoms with Crippen LogP contribution in [0.1, 0.15) is 79.3 Å². The number of nitrogen functional groups attached to an aromatic ring is 1. The number of nitrogens with zero attached hydrogens (tertiary/aromatic N) is 6. The van der Waals surface area contributed by atoms with Crippen molar-refractivity contribution < 1.29 is 19.0 Å². The van der Waals surface area contributed by atoms with Crippen LogP contribution in [0.15, 0.2) is 12.1 Å². The van der Waals surface area contributed by atoms with E-state index < -0.39 is 23.9 Å². The molecule has 0 unspecified atom stereocenters. The highest BCUT2D eigenvalue weighted by molar-refractivity contribution is 5.64. The number of aliphatic hydroxyl groups is 1. The highest BCUT2D eigenvalue weighted by Gasteiger charge is 2.50. The molecule has 1 aliphatic carbocycles. The average molecular weight is 574 g/mol. The number of β-amino-alcohol motifs (C(OH)–C–C–N with tert-alkyl or cyclic N) is 1. The van der Waals surface area contributed by atoms with Crippen molar-refractivity contribution in [3.63, 3.8) is 0 Å². The maximum Gasteiger partial charge on any atom is 0.318 e. The Kier molecular flexibility index (Phi) is 6.54. The van der Waals surface area contributed by atoms with Crippen molar-refractivity contribution >= 4 is 11.5 Å². The van der Waals surface area contributed by atoms with Crippen LogP contribution in [-0.2, 0) is 23.4 Å². The van der Waals surface area contributed by atoms with E-state index in [9.17, 15) is 20.0 Å². The summed E-state index contributed by atoms with van der Waals surface area (Å²) in [6, 6.07) is 8.07. The van der Waals surface area contributed by atoms with Crippen LogP contribution in [0.4, 0.5) is 15.9 Å². The summed E-state index contributed by atoms with van der Waals surface area (Å²) >= 11 is 0. The third kappa shape index (κ3) is 4.21. The zero-order valence-electron chi connectivity index (χ0n) is 23.9. The van der Waals surface area contributed by atoms with Crippen LogP contribution in [0.3, 0.4) is 0 Å². The van der Waals surface area contributed by atoms with Gasteiger partial charge in [-0.3, -0.25) is 4.90 Å². The number of aliphatic hydroxyl groups excluding tert-OH is 1. The SMILES string of the molecule is C[C@H]1CC[C@]2(Cc3nc(OC[C@@]45CCCN4C[C@H](F)C5)nc(N4C[C@@H](O)C[C@@H]4C#N)c3CO2)c2c1ccc(N)c2C#N. The summed E-state index contributed by atoms with van der Waals surface area (Å²) < 4.78 is 27.5. The molecular formula is C31H36FN7O3. The smallest absolute Gasteiger partial charge is 0.318 e. The van der Waals surface area contributed by atoms with E-state index in [4.69, 9.17) is 25.2 Å². The predicted molar refractivity (Wildman–Crippen MR) is 151 cm³/mol. The van der Waals surface area contributed by atoms with Gasteiger partial charge in [-0.1, -0.05) is 13.0 Å². The Hall–Kier alpha value is -3.51. The molecular weight excluding hydrogens is 537 g/mol. The first-order valence-corrected chi connectivity index (χ1v) is 15.0. The summed E-state index contributed by atoms with van der Waals surface area (Å²) in [4.78, 5) is 13.7. The van der Waals surface area contributed by atoms with Crippen LogP contribution in [0.5, 0.6) is 6.01 Å². The molecule has 42 heavy (non-hydrogen) atoms. The van der Waals surface area contributed by atoms with Gasteiger partial charge in [-0.15, -0.1) is 0 Å². The van der Waals surface area contributed by atoms with Crippen LogP contribution in [0.25, 0.3) is 0 Å². The van der Waals surface area contributed by atoms with Gasteiger partial charge >= 0.3 is 6.01 Å². The Morgan fingerprint density at radius 3 is 2.93 bits per heavy atom. The molecule has 3 saturated heterocycles. The Morgan fingerprint density at radius 2 is 2.12 bits per heavy atom. The van der Waals surface area contributed by atoms with Gasteiger partial charge in [0, 0.05) is 49.2 Å². The second-order valence-electron chi connectivity index (χ2n) is 12.8. The molecule has 5 aliphatic rings. The van der Waals surface area contributed by atoms with Gasteiger partial charge < -0.3 is 25.2 Å². The molecule has 1 aromatic heterocycles. The van der Waals surface area contributed by atoms with Crippen molar-refractivity contribution in [2.45, 2.75) is 93.9 Å². The topological polar surface area (TPSA) is 145 Å². The zero-order chi connectivity index (χ0) is 29.2. The van der Waals surface area contributed by atoms with Crippen molar-refractivity contribution in [3.8, 4) is 18.1 Å². The molecule has 0 radical (unpaired) electrons. The fourth-order valence-electron chi connectivity index (χ4n) is 8.15. The average Bonchev–Trinajstić information content (AvgIpc) is 3.64.